The monoisotopic (exact) mass is 321 g/mol. The molecule has 1 aromatic carbocycles. The molecule has 0 atom stereocenters. The van der Waals surface area contributed by atoms with Crippen molar-refractivity contribution in [3.8, 4) is 0 Å². The zero-order chi connectivity index (χ0) is 17.1. The fourth-order valence-corrected chi connectivity index (χ4v) is 2.51. The standard InChI is InChI=1S/C17H21F2N3O/c1-5-22(9-15(23)20-10(2)3)14-8-11(4)21-17-12(14)6-7-13(18)16(17)19/h6-8,10H,5,9H2,1-4H3,(H,20,23). The lowest BCUT2D eigenvalue weighted by Gasteiger charge is -2.25. The predicted octanol–water partition coefficient (Wildman–Crippen LogP) is 3.17. The van der Waals surface area contributed by atoms with Crippen molar-refractivity contribution >= 4 is 22.5 Å². The number of fused-ring (bicyclic) bond motifs is 1. The minimum absolute atomic E-state index is 0.0114. The molecular formula is C17H21F2N3O. The van der Waals surface area contributed by atoms with Crippen LogP contribution in [0.25, 0.3) is 10.9 Å². The fourth-order valence-electron chi connectivity index (χ4n) is 2.51. The van der Waals surface area contributed by atoms with Crippen molar-refractivity contribution < 1.29 is 13.6 Å². The lowest BCUT2D eigenvalue weighted by molar-refractivity contribution is -0.120. The second-order valence-electron chi connectivity index (χ2n) is 5.78. The second kappa shape index (κ2) is 6.89. The average Bonchev–Trinajstić information content (AvgIpc) is 2.47. The minimum Gasteiger partial charge on any atom is -0.362 e. The summed E-state index contributed by atoms with van der Waals surface area (Å²) in [5.41, 5.74) is 1.23. The number of pyridine rings is 1. The highest BCUT2D eigenvalue weighted by molar-refractivity contribution is 5.94. The molecule has 0 aliphatic heterocycles. The molecule has 0 radical (unpaired) electrons. The van der Waals surface area contributed by atoms with Gasteiger partial charge in [0.2, 0.25) is 5.91 Å². The van der Waals surface area contributed by atoms with Gasteiger partial charge in [0.05, 0.1) is 6.54 Å². The minimum atomic E-state index is -0.963. The number of carbonyl (C=O) groups is 1. The number of carbonyl (C=O) groups excluding carboxylic acids is 1. The lowest BCUT2D eigenvalue weighted by Crippen LogP contribution is -2.40. The molecule has 0 aliphatic carbocycles. The summed E-state index contributed by atoms with van der Waals surface area (Å²) in [6, 6.07) is 4.41. The van der Waals surface area contributed by atoms with Crippen LogP contribution in [0.4, 0.5) is 14.5 Å². The average molecular weight is 321 g/mol. The quantitative estimate of drug-likeness (QED) is 0.920. The van der Waals surface area contributed by atoms with E-state index in [0.29, 0.717) is 23.3 Å². The van der Waals surface area contributed by atoms with Gasteiger partial charge in [-0.2, -0.15) is 0 Å². The zero-order valence-corrected chi connectivity index (χ0v) is 13.8. The molecule has 0 spiro atoms. The van der Waals surface area contributed by atoms with Gasteiger partial charge < -0.3 is 10.2 Å². The van der Waals surface area contributed by atoms with Crippen LogP contribution in [0.1, 0.15) is 26.5 Å². The van der Waals surface area contributed by atoms with Crippen molar-refractivity contribution in [1.29, 1.82) is 0 Å². The first-order valence-electron chi connectivity index (χ1n) is 7.63. The van der Waals surface area contributed by atoms with E-state index in [2.05, 4.69) is 10.3 Å². The maximum Gasteiger partial charge on any atom is 0.239 e. The van der Waals surface area contributed by atoms with E-state index < -0.39 is 11.6 Å². The summed E-state index contributed by atoms with van der Waals surface area (Å²) in [7, 11) is 0. The van der Waals surface area contributed by atoms with Crippen LogP contribution >= 0.6 is 0 Å². The number of hydrogen-bond acceptors (Lipinski definition) is 3. The first kappa shape index (κ1) is 17.1. The van der Waals surface area contributed by atoms with Crippen molar-refractivity contribution in [2.75, 3.05) is 18.0 Å². The van der Waals surface area contributed by atoms with E-state index in [0.717, 1.165) is 6.07 Å². The topological polar surface area (TPSA) is 45.2 Å². The Morgan fingerprint density at radius 1 is 1.35 bits per heavy atom. The Bertz CT molecular complexity index is 731. The smallest absolute Gasteiger partial charge is 0.239 e. The fraction of sp³-hybridized carbons (Fsp3) is 0.412. The van der Waals surface area contributed by atoms with Gasteiger partial charge in [-0.15, -0.1) is 0 Å². The van der Waals surface area contributed by atoms with Crippen LogP contribution in [0.5, 0.6) is 0 Å². The van der Waals surface area contributed by atoms with E-state index in [1.807, 2.05) is 25.7 Å². The number of likely N-dealkylation sites (N-methyl/N-ethyl adjacent to an activating group) is 1. The number of aryl methyl sites for hydroxylation is 1. The van der Waals surface area contributed by atoms with Gasteiger partial charge in [0, 0.05) is 29.4 Å². The van der Waals surface area contributed by atoms with E-state index in [9.17, 15) is 13.6 Å². The van der Waals surface area contributed by atoms with E-state index >= 15 is 0 Å². The number of rotatable bonds is 5. The molecule has 1 N–H and O–H groups in total. The number of halogens is 2. The first-order valence-corrected chi connectivity index (χ1v) is 7.63. The highest BCUT2D eigenvalue weighted by Crippen LogP contribution is 2.29. The predicted molar refractivity (Wildman–Crippen MR) is 87.6 cm³/mol. The van der Waals surface area contributed by atoms with Crippen molar-refractivity contribution in [2.45, 2.75) is 33.7 Å². The summed E-state index contributed by atoms with van der Waals surface area (Å²) in [5.74, 6) is -2.01. The molecule has 1 amide bonds. The number of amides is 1. The van der Waals surface area contributed by atoms with Crippen molar-refractivity contribution in [3.63, 3.8) is 0 Å². The van der Waals surface area contributed by atoms with Crippen LogP contribution in [0.15, 0.2) is 18.2 Å². The number of nitrogens with one attached hydrogen (secondary N) is 1. The molecule has 124 valence electrons. The van der Waals surface area contributed by atoms with Gasteiger partial charge in [0.15, 0.2) is 11.6 Å². The molecule has 1 aromatic heterocycles. The summed E-state index contributed by atoms with van der Waals surface area (Å²) in [6.07, 6.45) is 0. The third-order valence-corrected chi connectivity index (χ3v) is 3.49. The summed E-state index contributed by atoms with van der Waals surface area (Å²) in [4.78, 5) is 18.0. The molecule has 23 heavy (non-hydrogen) atoms. The van der Waals surface area contributed by atoms with Crippen LogP contribution < -0.4 is 10.2 Å². The Balaban J connectivity index is 2.48. The molecule has 0 fully saturated rings. The van der Waals surface area contributed by atoms with Crippen LogP contribution in [0.3, 0.4) is 0 Å². The molecule has 2 rings (SSSR count). The van der Waals surface area contributed by atoms with E-state index in [4.69, 9.17) is 0 Å². The van der Waals surface area contributed by atoms with Gasteiger partial charge in [-0.3, -0.25) is 4.79 Å². The lowest BCUT2D eigenvalue weighted by atomic mass is 10.1. The molecule has 0 bridgehead atoms. The third kappa shape index (κ3) is 3.75. The molecular weight excluding hydrogens is 300 g/mol. The van der Waals surface area contributed by atoms with Crippen molar-refractivity contribution in [2.24, 2.45) is 0 Å². The van der Waals surface area contributed by atoms with Crippen molar-refractivity contribution in [1.82, 2.24) is 10.3 Å². The number of nitrogens with zero attached hydrogens (tertiary/aromatic N) is 2. The molecule has 0 saturated carbocycles. The third-order valence-electron chi connectivity index (χ3n) is 3.49. The van der Waals surface area contributed by atoms with E-state index in [1.54, 1.807) is 13.0 Å². The summed E-state index contributed by atoms with van der Waals surface area (Å²) < 4.78 is 27.5. The molecule has 1 heterocycles. The molecule has 4 nitrogen and oxygen atoms in total. The number of aromatic nitrogens is 1. The van der Waals surface area contributed by atoms with E-state index in [-0.39, 0.29) is 24.0 Å². The van der Waals surface area contributed by atoms with Crippen molar-refractivity contribution in [3.05, 3.63) is 35.5 Å². The Morgan fingerprint density at radius 2 is 2.04 bits per heavy atom. The summed E-state index contributed by atoms with van der Waals surface area (Å²) >= 11 is 0. The molecule has 0 unspecified atom stereocenters. The van der Waals surface area contributed by atoms with Gasteiger partial charge in [-0.05, 0) is 45.9 Å². The van der Waals surface area contributed by atoms with Gasteiger partial charge in [0.1, 0.15) is 5.52 Å². The Morgan fingerprint density at radius 3 is 2.65 bits per heavy atom. The Labute approximate surface area is 134 Å². The van der Waals surface area contributed by atoms with Crippen LogP contribution in [0.2, 0.25) is 0 Å². The number of benzene rings is 1. The molecule has 6 heteroatoms. The maximum absolute atomic E-state index is 14.0. The first-order chi connectivity index (χ1) is 10.8. The molecule has 0 aliphatic rings. The van der Waals surface area contributed by atoms with Gasteiger partial charge in [0.25, 0.3) is 0 Å². The highest BCUT2D eigenvalue weighted by Gasteiger charge is 2.17. The number of anilines is 1. The SMILES string of the molecule is CCN(CC(=O)NC(C)C)c1cc(C)nc2c(F)c(F)ccc12. The zero-order valence-electron chi connectivity index (χ0n) is 13.8. The number of hydrogen-bond donors (Lipinski definition) is 1. The second-order valence-corrected chi connectivity index (χ2v) is 5.78. The summed E-state index contributed by atoms with van der Waals surface area (Å²) in [6.45, 7) is 8.10. The van der Waals surface area contributed by atoms with Gasteiger partial charge in [-0.1, -0.05) is 0 Å². The Hall–Kier alpha value is -2.24. The Kier molecular flexibility index (Phi) is 5.13. The van der Waals surface area contributed by atoms with Crippen LogP contribution in [0, 0.1) is 18.6 Å². The highest BCUT2D eigenvalue weighted by atomic mass is 19.2. The normalized spacial score (nSPS) is 11.1. The maximum atomic E-state index is 14.0. The van der Waals surface area contributed by atoms with Crippen LogP contribution in [-0.2, 0) is 4.79 Å². The largest absolute Gasteiger partial charge is 0.362 e. The van der Waals surface area contributed by atoms with E-state index in [1.165, 1.54) is 6.07 Å². The van der Waals surface area contributed by atoms with Gasteiger partial charge in [-0.25, -0.2) is 13.8 Å². The molecule has 2 aromatic rings. The van der Waals surface area contributed by atoms with Crippen LogP contribution in [-0.4, -0.2) is 30.0 Å². The molecule has 0 saturated heterocycles. The van der Waals surface area contributed by atoms with Gasteiger partial charge >= 0.3 is 0 Å². The summed E-state index contributed by atoms with van der Waals surface area (Å²) in [5, 5.41) is 3.32.